The SMILES string of the molecule is [C-]#[N+]C(C#N)=C1C=C(C=Cc2ccc(N3CCCc4ccccc43)cc2)OC(C)(C)C1. The van der Waals surface area contributed by atoms with E-state index in [0.717, 1.165) is 30.5 Å². The van der Waals surface area contributed by atoms with E-state index in [1.54, 1.807) is 6.08 Å². The first-order chi connectivity index (χ1) is 15.0. The van der Waals surface area contributed by atoms with Crippen molar-refractivity contribution in [2.45, 2.75) is 38.7 Å². The number of nitriles is 1. The Bertz CT molecular complexity index is 1140. The molecule has 0 fully saturated rings. The van der Waals surface area contributed by atoms with E-state index in [1.165, 1.54) is 16.9 Å². The highest BCUT2D eigenvalue weighted by molar-refractivity contribution is 5.69. The van der Waals surface area contributed by atoms with E-state index in [0.29, 0.717) is 12.2 Å². The quantitative estimate of drug-likeness (QED) is 0.427. The van der Waals surface area contributed by atoms with Crippen LogP contribution >= 0.6 is 0 Å². The maximum Gasteiger partial charge on any atom is 0.265 e. The zero-order valence-electron chi connectivity index (χ0n) is 17.9. The molecule has 0 atom stereocenters. The van der Waals surface area contributed by atoms with Crippen molar-refractivity contribution in [1.82, 2.24) is 0 Å². The fourth-order valence-corrected chi connectivity index (χ4v) is 4.21. The van der Waals surface area contributed by atoms with E-state index < -0.39 is 5.60 Å². The van der Waals surface area contributed by atoms with E-state index in [2.05, 4.69) is 58.3 Å². The molecule has 0 radical (unpaired) electrons. The van der Waals surface area contributed by atoms with Crippen molar-refractivity contribution in [2.24, 2.45) is 0 Å². The van der Waals surface area contributed by atoms with E-state index in [1.807, 2.05) is 32.1 Å². The van der Waals surface area contributed by atoms with Crippen molar-refractivity contribution in [3.63, 3.8) is 0 Å². The third-order valence-electron chi connectivity index (χ3n) is 5.60. The van der Waals surface area contributed by atoms with E-state index in [9.17, 15) is 5.26 Å². The normalized spacial score (nSPS) is 19.0. The van der Waals surface area contributed by atoms with E-state index in [4.69, 9.17) is 11.3 Å². The minimum absolute atomic E-state index is 0.133. The van der Waals surface area contributed by atoms with Gasteiger partial charge in [0.1, 0.15) is 11.4 Å². The smallest absolute Gasteiger partial charge is 0.265 e. The molecule has 154 valence electrons. The van der Waals surface area contributed by atoms with Crippen molar-refractivity contribution in [3.8, 4) is 6.07 Å². The standard InChI is InChI=1S/C27H25N3O/c1-27(2)18-22(25(19-28)29-3)17-24(31-27)15-12-20-10-13-23(14-11-20)30-16-6-8-21-7-4-5-9-26(21)30/h4-5,7,9-15,17H,6,8,16,18H2,1-2H3. The third kappa shape index (κ3) is 4.55. The molecule has 4 rings (SSSR count). The van der Waals surface area contributed by atoms with Gasteiger partial charge in [-0.15, -0.1) is 0 Å². The Balaban J connectivity index is 1.55. The van der Waals surface area contributed by atoms with Gasteiger partial charge in [-0.25, -0.2) is 10.1 Å². The second kappa shape index (κ2) is 8.54. The van der Waals surface area contributed by atoms with Crippen LogP contribution < -0.4 is 4.90 Å². The summed E-state index contributed by atoms with van der Waals surface area (Å²) in [6.45, 7) is 12.2. The number of allylic oxidation sites excluding steroid dienone is 3. The molecule has 31 heavy (non-hydrogen) atoms. The van der Waals surface area contributed by atoms with Gasteiger partial charge in [0.05, 0.1) is 12.6 Å². The van der Waals surface area contributed by atoms with Crippen LogP contribution in [-0.2, 0) is 11.2 Å². The van der Waals surface area contributed by atoms with Crippen LogP contribution in [0.2, 0.25) is 0 Å². The van der Waals surface area contributed by atoms with Gasteiger partial charge in [-0.1, -0.05) is 36.4 Å². The lowest BCUT2D eigenvalue weighted by Crippen LogP contribution is -2.27. The largest absolute Gasteiger partial charge is 0.488 e. The lowest BCUT2D eigenvalue weighted by molar-refractivity contribution is 0.0356. The van der Waals surface area contributed by atoms with Crippen LogP contribution in [0.1, 0.15) is 37.8 Å². The molecular weight excluding hydrogens is 382 g/mol. The number of benzene rings is 2. The number of aryl methyl sites for hydroxylation is 1. The van der Waals surface area contributed by atoms with Crippen LogP contribution in [0.5, 0.6) is 0 Å². The van der Waals surface area contributed by atoms with Crippen molar-refractivity contribution < 1.29 is 4.74 Å². The molecule has 0 unspecified atom stereocenters. The number of para-hydroxylation sites is 1. The minimum atomic E-state index is -0.456. The summed E-state index contributed by atoms with van der Waals surface area (Å²) in [5.41, 5.74) is 5.37. The average Bonchev–Trinajstić information content (AvgIpc) is 2.77. The molecule has 0 saturated heterocycles. The van der Waals surface area contributed by atoms with Gasteiger partial charge >= 0.3 is 0 Å². The first-order valence-corrected chi connectivity index (χ1v) is 10.5. The van der Waals surface area contributed by atoms with Crippen LogP contribution in [0.3, 0.4) is 0 Å². The Morgan fingerprint density at radius 2 is 1.94 bits per heavy atom. The Morgan fingerprint density at radius 3 is 2.68 bits per heavy atom. The van der Waals surface area contributed by atoms with E-state index in [-0.39, 0.29) is 5.70 Å². The Labute approximate surface area is 184 Å². The molecule has 0 aromatic heterocycles. The maximum atomic E-state index is 9.22. The Kier molecular flexibility index (Phi) is 5.65. The predicted molar refractivity (Wildman–Crippen MR) is 124 cm³/mol. The van der Waals surface area contributed by atoms with Crippen molar-refractivity contribution >= 4 is 17.5 Å². The first-order valence-electron chi connectivity index (χ1n) is 10.5. The molecule has 0 bridgehead atoms. The van der Waals surface area contributed by atoms with Gasteiger partial charge in [-0.2, -0.15) is 0 Å². The average molecular weight is 408 g/mol. The van der Waals surface area contributed by atoms with Crippen LogP contribution in [-0.4, -0.2) is 12.1 Å². The van der Waals surface area contributed by atoms with Crippen molar-refractivity contribution in [2.75, 3.05) is 11.4 Å². The summed E-state index contributed by atoms with van der Waals surface area (Å²) in [4.78, 5) is 5.74. The molecule has 2 heterocycles. The summed E-state index contributed by atoms with van der Waals surface area (Å²) in [7, 11) is 0. The minimum Gasteiger partial charge on any atom is -0.488 e. The van der Waals surface area contributed by atoms with Crippen molar-refractivity contribution in [1.29, 1.82) is 5.26 Å². The monoisotopic (exact) mass is 407 g/mol. The first kappa shape index (κ1) is 20.5. The molecule has 2 aliphatic rings. The third-order valence-corrected chi connectivity index (χ3v) is 5.60. The summed E-state index contributed by atoms with van der Waals surface area (Å²) < 4.78 is 6.04. The van der Waals surface area contributed by atoms with Crippen LogP contribution in [0.4, 0.5) is 11.4 Å². The molecule has 4 nitrogen and oxygen atoms in total. The zero-order valence-corrected chi connectivity index (χ0v) is 17.9. The lowest BCUT2D eigenvalue weighted by Gasteiger charge is -2.32. The molecule has 2 aromatic carbocycles. The summed E-state index contributed by atoms with van der Waals surface area (Å²) in [6.07, 6.45) is 8.55. The number of anilines is 2. The molecule has 2 aliphatic heterocycles. The molecule has 0 N–H and O–H groups in total. The highest BCUT2D eigenvalue weighted by Crippen LogP contribution is 2.34. The summed E-state index contributed by atoms with van der Waals surface area (Å²) >= 11 is 0. The Morgan fingerprint density at radius 1 is 1.16 bits per heavy atom. The number of fused-ring (bicyclic) bond motifs is 1. The zero-order chi connectivity index (χ0) is 21.8. The van der Waals surface area contributed by atoms with E-state index >= 15 is 0 Å². The lowest BCUT2D eigenvalue weighted by atomic mass is 9.93. The number of hydrogen-bond donors (Lipinski definition) is 0. The number of ether oxygens (including phenoxy) is 1. The molecule has 0 spiro atoms. The van der Waals surface area contributed by atoms with Crippen LogP contribution in [0.25, 0.3) is 10.9 Å². The summed E-state index contributed by atoms with van der Waals surface area (Å²) in [5.74, 6) is 0.664. The topological polar surface area (TPSA) is 40.6 Å². The maximum absolute atomic E-state index is 9.22. The number of nitrogens with zero attached hydrogens (tertiary/aromatic N) is 3. The predicted octanol–water partition coefficient (Wildman–Crippen LogP) is 6.56. The summed E-state index contributed by atoms with van der Waals surface area (Å²) in [5, 5.41) is 9.22. The second-order valence-corrected chi connectivity index (χ2v) is 8.49. The second-order valence-electron chi connectivity index (χ2n) is 8.49. The van der Waals surface area contributed by atoms with Gasteiger partial charge in [-0.05, 0) is 73.7 Å². The number of rotatable bonds is 3. The fourth-order valence-electron chi connectivity index (χ4n) is 4.21. The van der Waals surface area contributed by atoms with Gasteiger partial charge in [0.2, 0.25) is 0 Å². The van der Waals surface area contributed by atoms with Gasteiger partial charge in [0.15, 0.2) is 0 Å². The van der Waals surface area contributed by atoms with Crippen LogP contribution in [0.15, 0.2) is 77.7 Å². The molecule has 0 saturated carbocycles. The van der Waals surface area contributed by atoms with Gasteiger partial charge in [0.25, 0.3) is 5.70 Å². The fraction of sp³-hybridized carbons (Fsp3) is 0.259. The molecule has 2 aromatic rings. The molecule has 0 aliphatic carbocycles. The van der Waals surface area contributed by atoms with Crippen LogP contribution in [0, 0.1) is 17.9 Å². The molecule has 0 amide bonds. The summed E-state index contributed by atoms with van der Waals surface area (Å²) in [6, 6.07) is 19.1. The Hall–Kier alpha value is -3.76. The molecule has 4 heteroatoms. The molecular formula is C27H25N3O. The highest BCUT2D eigenvalue weighted by Gasteiger charge is 2.27. The highest BCUT2D eigenvalue weighted by atomic mass is 16.5. The number of hydrogen-bond acceptors (Lipinski definition) is 3. The van der Waals surface area contributed by atoms with Gasteiger partial charge in [0, 0.05) is 24.3 Å². The van der Waals surface area contributed by atoms with Gasteiger partial charge in [-0.3, -0.25) is 0 Å². The van der Waals surface area contributed by atoms with Gasteiger partial charge < -0.3 is 9.64 Å². The van der Waals surface area contributed by atoms with Crippen molar-refractivity contribution in [3.05, 3.63) is 100 Å².